The first kappa shape index (κ1) is 3.01. The van der Waals surface area contributed by atoms with Crippen LogP contribution in [0.15, 0.2) is 0 Å². The molecule has 0 aliphatic heterocycles. The van der Waals surface area contributed by atoms with Gasteiger partial charge in [-0.1, -0.05) is 0 Å². The second kappa shape index (κ2) is 0.885. The summed E-state index contributed by atoms with van der Waals surface area (Å²) in [7, 11) is 0. The van der Waals surface area contributed by atoms with Gasteiger partial charge in [0.15, 0.2) is 0 Å². The van der Waals surface area contributed by atoms with Crippen molar-refractivity contribution in [2.24, 2.45) is 0 Å². The molecular formula is C3H6Sn. The monoisotopic (exact) mass is 162 g/mol. The van der Waals surface area contributed by atoms with Crippen molar-refractivity contribution in [3.8, 4) is 0 Å². The average Bonchev–Trinajstić information content (AvgIpc) is 1.75. The van der Waals surface area contributed by atoms with E-state index in [0.717, 1.165) is 0 Å². The fourth-order valence-electron chi connectivity index (χ4n) is 0.0962. The van der Waals surface area contributed by atoms with Crippen LogP contribution in [0.5, 0.6) is 0 Å². The molecule has 1 aliphatic carbocycles. The molecule has 1 aliphatic rings. The minimum atomic E-state index is 1.21. The summed E-state index contributed by atoms with van der Waals surface area (Å²) in [4.78, 5) is 0. The Hall–Kier alpha value is 0.799. The van der Waals surface area contributed by atoms with E-state index in [4.69, 9.17) is 0 Å². The third-order valence-corrected chi connectivity index (χ3v) is 2.52. The zero-order valence-corrected chi connectivity index (χ0v) is 5.86. The van der Waals surface area contributed by atoms with Crippen molar-refractivity contribution in [3.05, 3.63) is 0 Å². The topological polar surface area (TPSA) is 0 Å². The summed E-state index contributed by atoms with van der Waals surface area (Å²) in [5.41, 5.74) is 0. The molecule has 4 heavy (non-hydrogen) atoms. The van der Waals surface area contributed by atoms with E-state index in [-0.39, 0.29) is 0 Å². The normalized spacial score (nSPS) is 26.2. The van der Waals surface area contributed by atoms with Gasteiger partial charge < -0.3 is 0 Å². The van der Waals surface area contributed by atoms with Gasteiger partial charge in [0, 0.05) is 0 Å². The SMILES string of the molecule is [SnH][CH]1CC1. The number of hydrogen-bond donors (Lipinski definition) is 0. The van der Waals surface area contributed by atoms with Gasteiger partial charge in [0.05, 0.1) is 0 Å². The van der Waals surface area contributed by atoms with Crippen molar-refractivity contribution in [3.63, 3.8) is 0 Å². The van der Waals surface area contributed by atoms with E-state index in [1.54, 1.807) is 12.8 Å². The standard InChI is InChI=1S/C3H5.Sn.H/c1-2-3-1;;/h1H,2-3H2;;. The van der Waals surface area contributed by atoms with Crippen LogP contribution in [0.25, 0.3) is 0 Å². The van der Waals surface area contributed by atoms with Crippen LogP contribution >= 0.6 is 0 Å². The van der Waals surface area contributed by atoms with E-state index in [2.05, 4.69) is 0 Å². The van der Waals surface area contributed by atoms with E-state index in [9.17, 15) is 0 Å². The molecule has 1 fully saturated rings. The number of hydrogen-bond acceptors (Lipinski definition) is 0. The predicted molar refractivity (Wildman–Crippen MR) is 20.1 cm³/mol. The first-order valence-electron chi connectivity index (χ1n) is 1.65. The van der Waals surface area contributed by atoms with E-state index >= 15 is 0 Å². The zero-order chi connectivity index (χ0) is 2.99. The Morgan fingerprint density at radius 2 is 1.75 bits per heavy atom. The van der Waals surface area contributed by atoms with Crippen LogP contribution in [0, 0.1) is 0 Å². The summed E-state index contributed by atoms with van der Waals surface area (Å²) in [5, 5.41) is 0. The molecule has 0 N–H and O–H groups in total. The Balaban J connectivity index is 2.17. The van der Waals surface area contributed by atoms with Crippen LogP contribution < -0.4 is 0 Å². The first-order chi connectivity index (χ1) is 1.89. The molecule has 0 amide bonds. The van der Waals surface area contributed by atoms with Crippen molar-refractivity contribution >= 4 is 22.5 Å². The zero-order valence-electron chi connectivity index (χ0n) is 2.57. The molecular weight excluding hydrogens is 155 g/mol. The van der Waals surface area contributed by atoms with Gasteiger partial charge in [-0.05, 0) is 0 Å². The van der Waals surface area contributed by atoms with E-state index < -0.39 is 0 Å². The average molecular weight is 161 g/mol. The summed E-state index contributed by atoms with van der Waals surface area (Å²) < 4.78 is 1.21. The van der Waals surface area contributed by atoms with E-state index in [1.165, 1.54) is 26.5 Å². The van der Waals surface area contributed by atoms with Gasteiger partial charge in [-0.2, -0.15) is 0 Å². The maximum atomic E-state index is 1.54. The summed E-state index contributed by atoms with van der Waals surface area (Å²) >= 11 is 1.51. The molecule has 1 rings (SSSR count). The molecule has 1 saturated carbocycles. The summed E-state index contributed by atoms with van der Waals surface area (Å²) in [6, 6.07) is 0. The second-order valence-electron chi connectivity index (χ2n) is 1.34. The Bertz CT molecular complexity index is 22.5. The molecule has 1 heteroatoms. The van der Waals surface area contributed by atoms with Crippen molar-refractivity contribution < 1.29 is 0 Å². The third-order valence-electron chi connectivity index (χ3n) is 0.622. The molecule has 0 atom stereocenters. The summed E-state index contributed by atoms with van der Waals surface area (Å²) in [5.74, 6) is 0. The Labute approximate surface area is 39.7 Å². The van der Waals surface area contributed by atoms with Gasteiger partial charge in [0.2, 0.25) is 0 Å². The molecule has 2 radical (unpaired) electrons. The van der Waals surface area contributed by atoms with Crippen LogP contribution in [-0.2, 0) is 0 Å². The van der Waals surface area contributed by atoms with E-state index in [0.29, 0.717) is 0 Å². The van der Waals surface area contributed by atoms with E-state index in [1.807, 2.05) is 0 Å². The fourth-order valence-corrected chi connectivity index (χ4v) is 0.645. The molecule has 0 spiro atoms. The summed E-state index contributed by atoms with van der Waals surface area (Å²) in [6.45, 7) is 0. The Morgan fingerprint density at radius 3 is 1.75 bits per heavy atom. The van der Waals surface area contributed by atoms with Gasteiger partial charge >= 0.3 is 39.3 Å². The maximum absolute atomic E-state index is 1.54. The quantitative estimate of drug-likeness (QED) is 0.452. The summed E-state index contributed by atoms with van der Waals surface area (Å²) in [6.07, 6.45) is 3.09. The van der Waals surface area contributed by atoms with Gasteiger partial charge in [-0.15, -0.1) is 0 Å². The van der Waals surface area contributed by atoms with Gasteiger partial charge in [-0.25, -0.2) is 0 Å². The molecule has 0 aromatic rings. The van der Waals surface area contributed by atoms with Crippen LogP contribution in [0.3, 0.4) is 0 Å². The molecule has 22 valence electrons. The van der Waals surface area contributed by atoms with Crippen molar-refractivity contribution in [1.82, 2.24) is 0 Å². The molecule has 0 nitrogen and oxygen atoms in total. The third kappa shape index (κ3) is 0.627. The molecule has 0 aromatic heterocycles. The molecule has 0 heterocycles. The second-order valence-corrected chi connectivity index (χ2v) is 4.03. The van der Waals surface area contributed by atoms with Gasteiger partial charge in [0.25, 0.3) is 0 Å². The first-order valence-corrected chi connectivity index (χ1v) is 3.55. The molecule has 0 bridgehead atoms. The van der Waals surface area contributed by atoms with Gasteiger partial charge in [0.1, 0.15) is 0 Å². The van der Waals surface area contributed by atoms with Crippen molar-refractivity contribution in [2.45, 2.75) is 16.8 Å². The minimum absolute atomic E-state index is 1.21. The predicted octanol–water partition coefficient (Wildman–Crippen LogP) is 0.469. The van der Waals surface area contributed by atoms with Crippen molar-refractivity contribution in [2.75, 3.05) is 0 Å². The van der Waals surface area contributed by atoms with Crippen LogP contribution in [0.4, 0.5) is 0 Å². The molecule has 0 aromatic carbocycles. The number of rotatable bonds is 0. The fraction of sp³-hybridized carbons (Fsp3) is 1.00. The van der Waals surface area contributed by atoms with Gasteiger partial charge in [-0.3, -0.25) is 0 Å². The molecule has 0 saturated heterocycles. The van der Waals surface area contributed by atoms with Crippen LogP contribution in [-0.4, -0.2) is 22.5 Å². The van der Waals surface area contributed by atoms with Crippen LogP contribution in [0.1, 0.15) is 12.8 Å². The Kier molecular flexibility index (Phi) is 0.665. The van der Waals surface area contributed by atoms with Crippen molar-refractivity contribution in [1.29, 1.82) is 0 Å². The molecule has 0 unspecified atom stereocenters. The van der Waals surface area contributed by atoms with Crippen LogP contribution in [0.2, 0.25) is 3.93 Å². The Morgan fingerprint density at radius 1 is 1.50 bits per heavy atom.